The van der Waals surface area contributed by atoms with E-state index in [0.717, 1.165) is 19.5 Å². The maximum atomic E-state index is 11.2. The lowest BCUT2D eigenvalue weighted by atomic mass is 10.3. The maximum absolute atomic E-state index is 11.2. The molecule has 11 heavy (non-hydrogen) atoms. The molecule has 0 fully saturated rings. The fourth-order valence-corrected chi connectivity index (χ4v) is 1.16. The van der Waals surface area contributed by atoms with Crippen LogP contribution in [0.15, 0.2) is 12.7 Å². The normalized spacial score (nSPS) is 15.5. The third-order valence-electron chi connectivity index (χ3n) is 2.01. The van der Waals surface area contributed by atoms with E-state index in [1.54, 1.807) is 13.0 Å². The van der Waals surface area contributed by atoms with Crippen molar-refractivity contribution in [1.29, 1.82) is 0 Å². The number of amides is 1. The minimum Gasteiger partial charge on any atom is -0.260 e. The van der Waals surface area contributed by atoms with E-state index in [4.69, 9.17) is 0 Å². The zero-order valence-electron chi connectivity index (χ0n) is 7.76. The molecule has 1 amide bonds. The Bertz CT molecular complexity index is 154. The first-order chi connectivity index (χ1) is 5.06. The fourth-order valence-electron chi connectivity index (χ4n) is 1.16. The highest BCUT2D eigenvalue weighted by Crippen LogP contribution is 2.04. The molecule has 0 aliphatic rings. The van der Waals surface area contributed by atoms with Crippen molar-refractivity contribution in [3.05, 3.63) is 12.7 Å². The molecule has 0 saturated carbocycles. The average molecular weight is 156 g/mol. The lowest BCUT2D eigenvalue weighted by molar-refractivity contribution is -0.827. The van der Waals surface area contributed by atoms with Crippen LogP contribution in [-0.2, 0) is 4.79 Å². The second kappa shape index (κ2) is 4.29. The largest absolute Gasteiger partial charge is 0.310 e. The minimum atomic E-state index is 0.215. The molecule has 0 aromatic heterocycles. The van der Waals surface area contributed by atoms with Gasteiger partial charge in [0.15, 0.2) is 0 Å². The minimum absolute atomic E-state index is 0.215. The number of rotatable bonds is 4. The molecule has 2 heteroatoms. The smallest absolute Gasteiger partial charge is 0.260 e. The standard InChI is InChI=1S/C9H18NO/c1-5-7-10(4,8-6-2)9(3)11/h5H,1,6-8H2,2-4H3/q+1. The van der Waals surface area contributed by atoms with Gasteiger partial charge in [0.1, 0.15) is 6.54 Å². The molecule has 0 aromatic rings. The van der Waals surface area contributed by atoms with Gasteiger partial charge in [0.2, 0.25) is 0 Å². The van der Waals surface area contributed by atoms with Crippen LogP contribution in [0.2, 0.25) is 0 Å². The van der Waals surface area contributed by atoms with E-state index in [-0.39, 0.29) is 5.91 Å². The third-order valence-corrected chi connectivity index (χ3v) is 2.01. The van der Waals surface area contributed by atoms with Crippen LogP contribution in [-0.4, -0.2) is 30.5 Å². The van der Waals surface area contributed by atoms with E-state index in [2.05, 4.69) is 13.5 Å². The number of likely N-dealkylation sites (N-methyl/N-ethyl adjacent to an activating group) is 1. The van der Waals surface area contributed by atoms with Gasteiger partial charge >= 0.3 is 5.91 Å². The lowest BCUT2D eigenvalue weighted by Crippen LogP contribution is -2.48. The lowest BCUT2D eigenvalue weighted by Gasteiger charge is -2.28. The second-order valence-electron chi connectivity index (χ2n) is 3.11. The maximum Gasteiger partial charge on any atom is 0.310 e. The van der Waals surface area contributed by atoms with Gasteiger partial charge in [0, 0.05) is 0 Å². The van der Waals surface area contributed by atoms with Crippen molar-refractivity contribution in [2.75, 3.05) is 20.1 Å². The molecule has 0 aromatic carbocycles. The Morgan fingerprint density at radius 3 is 2.45 bits per heavy atom. The van der Waals surface area contributed by atoms with Crippen LogP contribution in [0.25, 0.3) is 0 Å². The molecule has 0 rings (SSSR count). The molecule has 0 spiro atoms. The Morgan fingerprint density at radius 1 is 1.64 bits per heavy atom. The predicted molar refractivity (Wildman–Crippen MR) is 47.1 cm³/mol. The summed E-state index contributed by atoms with van der Waals surface area (Å²) in [5, 5.41) is 0. The van der Waals surface area contributed by atoms with Gasteiger partial charge in [-0.25, -0.2) is 4.79 Å². The van der Waals surface area contributed by atoms with E-state index in [1.807, 2.05) is 7.05 Å². The van der Waals surface area contributed by atoms with Gasteiger partial charge in [0.25, 0.3) is 0 Å². The molecule has 1 atom stereocenters. The predicted octanol–water partition coefficient (Wildman–Crippen LogP) is 1.58. The van der Waals surface area contributed by atoms with Crippen LogP contribution in [0.3, 0.4) is 0 Å². The number of quaternary nitrogens is 1. The van der Waals surface area contributed by atoms with Crippen molar-refractivity contribution >= 4 is 5.91 Å². The molecule has 0 heterocycles. The average Bonchev–Trinajstić information content (AvgIpc) is 1.88. The van der Waals surface area contributed by atoms with Crippen molar-refractivity contribution < 1.29 is 9.28 Å². The van der Waals surface area contributed by atoms with Crippen molar-refractivity contribution in [3.8, 4) is 0 Å². The van der Waals surface area contributed by atoms with E-state index in [1.165, 1.54) is 0 Å². The number of carbonyl (C=O) groups excluding carboxylic acids is 1. The number of hydrogen-bond donors (Lipinski definition) is 0. The van der Waals surface area contributed by atoms with Crippen LogP contribution < -0.4 is 0 Å². The highest BCUT2D eigenvalue weighted by atomic mass is 16.2. The summed E-state index contributed by atoms with van der Waals surface area (Å²) in [7, 11) is 1.95. The van der Waals surface area contributed by atoms with Gasteiger partial charge in [0.05, 0.1) is 20.5 Å². The zero-order chi connectivity index (χ0) is 8.91. The van der Waals surface area contributed by atoms with E-state index in [0.29, 0.717) is 4.48 Å². The Labute approximate surface area is 69.1 Å². The van der Waals surface area contributed by atoms with Gasteiger partial charge in [-0.1, -0.05) is 13.5 Å². The van der Waals surface area contributed by atoms with Gasteiger partial charge in [-0.3, -0.25) is 4.48 Å². The molecular formula is C9H18NO+. The number of carbonyl (C=O) groups is 1. The first-order valence-electron chi connectivity index (χ1n) is 4.03. The second-order valence-corrected chi connectivity index (χ2v) is 3.11. The van der Waals surface area contributed by atoms with Gasteiger partial charge in [-0.15, -0.1) is 0 Å². The van der Waals surface area contributed by atoms with Crippen molar-refractivity contribution in [1.82, 2.24) is 0 Å². The highest BCUT2D eigenvalue weighted by Gasteiger charge is 2.24. The van der Waals surface area contributed by atoms with E-state index in [9.17, 15) is 4.79 Å². The van der Waals surface area contributed by atoms with Crippen LogP contribution in [0, 0.1) is 0 Å². The van der Waals surface area contributed by atoms with Gasteiger partial charge in [-0.05, 0) is 12.5 Å². The molecule has 2 nitrogen and oxygen atoms in total. The highest BCUT2D eigenvalue weighted by molar-refractivity contribution is 5.65. The van der Waals surface area contributed by atoms with Crippen LogP contribution >= 0.6 is 0 Å². The van der Waals surface area contributed by atoms with Gasteiger partial charge < -0.3 is 0 Å². The fraction of sp³-hybridized carbons (Fsp3) is 0.667. The topological polar surface area (TPSA) is 17.1 Å². The van der Waals surface area contributed by atoms with Crippen LogP contribution in [0.5, 0.6) is 0 Å². The molecule has 0 saturated heterocycles. The monoisotopic (exact) mass is 156 g/mol. The van der Waals surface area contributed by atoms with Crippen LogP contribution in [0.4, 0.5) is 0 Å². The van der Waals surface area contributed by atoms with Crippen molar-refractivity contribution in [2.45, 2.75) is 20.3 Å². The molecule has 0 radical (unpaired) electrons. The van der Waals surface area contributed by atoms with E-state index >= 15 is 0 Å². The quantitative estimate of drug-likeness (QED) is 0.446. The summed E-state index contributed by atoms with van der Waals surface area (Å²) in [6.45, 7) is 9.01. The summed E-state index contributed by atoms with van der Waals surface area (Å²) in [6, 6.07) is 0. The molecule has 0 bridgehead atoms. The summed E-state index contributed by atoms with van der Waals surface area (Å²) in [6.07, 6.45) is 2.83. The van der Waals surface area contributed by atoms with Crippen molar-refractivity contribution in [2.24, 2.45) is 0 Å². The summed E-state index contributed by atoms with van der Waals surface area (Å²) in [5.74, 6) is 0.215. The summed E-state index contributed by atoms with van der Waals surface area (Å²) in [5.41, 5.74) is 0. The molecular weight excluding hydrogens is 138 g/mol. The first-order valence-corrected chi connectivity index (χ1v) is 4.03. The van der Waals surface area contributed by atoms with E-state index < -0.39 is 0 Å². The summed E-state index contributed by atoms with van der Waals surface area (Å²) in [4.78, 5) is 11.2. The summed E-state index contributed by atoms with van der Waals surface area (Å²) < 4.78 is 0.486. The molecule has 1 unspecified atom stereocenters. The Kier molecular flexibility index (Phi) is 4.04. The Balaban J connectivity index is 4.24. The number of nitrogens with zero attached hydrogens (tertiary/aromatic N) is 1. The first kappa shape index (κ1) is 10.4. The molecule has 0 N–H and O–H groups in total. The molecule has 0 aliphatic carbocycles. The molecule has 0 aliphatic heterocycles. The third kappa shape index (κ3) is 2.85. The number of hydrogen-bond acceptors (Lipinski definition) is 1. The van der Waals surface area contributed by atoms with Gasteiger partial charge in [-0.2, -0.15) is 0 Å². The Hall–Kier alpha value is -0.630. The SMILES string of the molecule is C=CC[N+](C)(CCC)C(C)=O. The Morgan fingerprint density at radius 2 is 2.18 bits per heavy atom. The van der Waals surface area contributed by atoms with Crippen LogP contribution in [0.1, 0.15) is 20.3 Å². The molecule has 64 valence electrons. The van der Waals surface area contributed by atoms with Crippen molar-refractivity contribution in [3.63, 3.8) is 0 Å². The zero-order valence-corrected chi connectivity index (χ0v) is 7.76. The summed E-state index contributed by atoms with van der Waals surface area (Å²) >= 11 is 0.